The molecule has 0 aromatic heterocycles. The molecular formula is C34H43F7N2O3. The van der Waals surface area contributed by atoms with Crippen molar-refractivity contribution < 1.29 is 45.4 Å². The topological polar surface area (TPSA) is 53.0 Å². The first-order chi connectivity index (χ1) is 21.5. The van der Waals surface area contributed by atoms with Gasteiger partial charge in [-0.3, -0.25) is 14.4 Å². The average molecular weight is 661 g/mol. The van der Waals surface area contributed by atoms with Crippen molar-refractivity contribution in [1.82, 2.24) is 9.80 Å². The minimum Gasteiger partial charge on any atom is -0.480 e. The SMILES string of the molecule is Cc1cc(F)cc([C@H](C(=O)O)N(C)CC[C@H](CC2CCN(C)CC2)c2cccc(C(F)(F)F)c2)c1C1CCC(OC(F)(F)F)CC1. The highest BCUT2D eigenvalue weighted by atomic mass is 19.4. The Balaban J connectivity index is 1.58. The Bertz CT molecular complexity index is 1320. The predicted octanol–water partition coefficient (Wildman–Crippen LogP) is 8.68. The van der Waals surface area contributed by atoms with Gasteiger partial charge in [0, 0.05) is 0 Å². The molecule has 0 unspecified atom stereocenters. The molecule has 46 heavy (non-hydrogen) atoms. The van der Waals surface area contributed by atoms with Gasteiger partial charge in [-0.2, -0.15) is 13.2 Å². The predicted molar refractivity (Wildman–Crippen MR) is 160 cm³/mol. The Hall–Kier alpha value is -2.70. The summed E-state index contributed by atoms with van der Waals surface area (Å²) in [6, 6.07) is 6.55. The van der Waals surface area contributed by atoms with Crippen LogP contribution in [0.2, 0.25) is 0 Å². The highest BCUT2D eigenvalue weighted by Crippen LogP contribution is 2.42. The van der Waals surface area contributed by atoms with E-state index in [9.17, 15) is 40.6 Å². The second-order valence-electron chi connectivity index (χ2n) is 13.1. The van der Waals surface area contributed by atoms with Crippen LogP contribution in [0.5, 0.6) is 0 Å². The van der Waals surface area contributed by atoms with E-state index in [0.717, 1.165) is 32.0 Å². The second-order valence-corrected chi connectivity index (χ2v) is 13.1. The van der Waals surface area contributed by atoms with E-state index in [1.807, 2.05) is 7.05 Å². The highest BCUT2D eigenvalue weighted by molar-refractivity contribution is 5.76. The second kappa shape index (κ2) is 15.0. The number of likely N-dealkylation sites (N-methyl/N-ethyl adjacent to an activating group) is 1. The van der Waals surface area contributed by atoms with Crippen molar-refractivity contribution in [3.8, 4) is 0 Å². The smallest absolute Gasteiger partial charge is 0.480 e. The maximum absolute atomic E-state index is 14.8. The number of nitrogens with zero attached hydrogens (tertiary/aromatic N) is 2. The van der Waals surface area contributed by atoms with Gasteiger partial charge in [0.25, 0.3) is 0 Å². The molecule has 2 aromatic rings. The van der Waals surface area contributed by atoms with E-state index in [4.69, 9.17) is 0 Å². The standard InChI is InChI=1S/C34H43F7N2O3/c1-21-17-27(35)20-29(30(21)23-7-9-28(10-8-23)46-34(39,40)41)31(32(44)45)43(3)16-13-25(18-22-11-14-42(2)15-12-22)24-5-4-6-26(19-24)33(36,37)38/h4-6,17,19-20,22-23,25,28,31H,7-16,18H2,1-3H3,(H,44,45)/t23?,25-,28?,31-/m1/s1. The fraction of sp³-hybridized carbons (Fsp3) is 0.618. The molecule has 1 saturated heterocycles. The highest BCUT2D eigenvalue weighted by Gasteiger charge is 2.38. The summed E-state index contributed by atoms with van der Waals surface area (Å²) in [5.74, 6) is -2.06. The summed E-state index contributed by atoms with van der Waals surface area (Å²) in [6.45, 7) is 3.68. The molecule has 4 rings (SSSR count). The zero-order chi connectivity index (χ0) is 33.8. The third-order valence-corrected chi connectivity index (χ3v) is 9.71. The molecule has 256 valence electrons. The largest absolute Gasteiger partial charge is 0.522 e. The van der Waals surface area contributed by atoms with Crippen LogP contribution >= 0.6 is 0 Å². The molecule has 1 N–H and O–H groups in total. The van der Waals surface area contributed by atoms with Crippen molar-refractivity contribution in [2.45, 2.75) is 94.8 Å². The average Bonchev–Trinajstić information content (AvgIpc) is 2.95. The molecule has 2 atom stereocenters. The van der Waals surface area contributed by atoms with E-state index < -0.39 is 42.0 Å². The number of carbonyl (C=O) groups is 1. The van der Waals surface area contributed by atoms with Crippen LogP contribution in [0.15, 0.2) is 36.4 Å². The van der Waals surface area contributed by atoms with Gasteiger partial charge in [-0.25, -0.2) is 4.39 Å². The number of carboxylic acid groups (broad SMARTS) is 1. The van der Waals surface area contributed by atoms with Crippen LogP contribution in [0, 0.1) is 18.7 Å². The van der Waals surface area contributed by atoms with E-state index in [-0.39, 0.29) is 36.8 Å². The van der Waals surface area contributed by atoms with Crippen LogP contribution in [0.25, 0.3) is 0 Å². The maximum atomic E-state index is 14.8. The Labute approximate surface area is 265 Å². The van der Waals surface area contributed by atoms with Crippen LogP contribution < -0.4 is 0 Å². The van der Waals surface area contributed by atoms with Gasteiger partial charge in [-0.1, -0.05) is 18.2 Å². The first-order valence-corrected chi connectivity index (χ1v) is 15.8. The lowest BCUT2D eigenvalue weighted by Crippen LogP contribution is -2.35. The number of carboxylic acids is 1. The lowest BCUT2D eigenvalue weighted by Gasteiger charge is -2.35. The van der Waals surface area contributed by atoms with E-state index in [1.165, 1.54) is 24.3 Å². The summed E-state index contributed by atoms with van der Waals surface area (Å²) < 4.78 is 98.2. The third-order valence-electron chi connectivity index (χ3n) is 9.71. The third kappa shape index (κ3) is 9.67. The van der Waals surface area contributed by atoms with Gasteiger partial charge < -0.3 is 10.0 Å². The minimum absolute atomic E-state index is 0.129. The molecule has 1 heterocycles. The molecule has 0 bridgehead atoms. The van der Waals surface area contributed by atoms with Crippen LogP contribution in [0.3, 0.4) is 0 Å². The summed E-state index contributed by atoms with van der Waals surface area (Å²) in [4.78, 5) is 16.6. The molecule has 5 nitrogen and oxygen atoms in total. The van der Waals surface area contributed by atoms with Crippen LogP contribution in [-0.2, 0) is 15.7 Å². The Kier molecular flexibility index (Phi) is 11.8. The molecule has 2 aromatic carbocycles. The number of halogens is 7. The number of ether oxygens (including phenoxy) is 1. The summed E-state index contributed by atoms with van der Waals surface area (Å²) in [6.07, 6.45) is -6.44. The molecule has 2 fully saturated rings. The van der Waals surface area contributed by atoms with Crippen molar-refractivity contribution in [2.75, 3.05) is 33.7 Å². The summed E-state index contributed by atoms with van der Waals surface area (Å²) in [5.41, 5.74) is 1.21. The Morgan fingerprint density at radius 3 is 2.26 bits per heavy atom. The van der Waals surface area contributed by atoms with Gasteiger partial charge in [0.1, 0.15) is 11.9 Å². The molecule has 0 spiro atoms. The van der Waals surface area contributed by atoms with E-state index in [0.29, 0.717) is 48.3 Å². The monoisotopic (exact) mass is 660 g/mol. The number of aliphatic carboxylic acids is 1. The molecule has 1 aliphatic heterocycles. The molecule has 12 heteroatoms. The molecule has 0 amide bonds. The number of benzene rings is 2. The molecule has 1 aliphatic carbocycles. The zero-order valence-corrected chi connectivity index (χ0v) is 26.4. The number of hydrogen-bond acceptors (Lipinski definition) is 4. The van der Waals surface area contributed by atoms with Gasteiger partial charge in [-0.05, 0) is 150 Å². The Morgan fingerprint density at radius 1 is 1.02 bits per heavy atom. The lowest BCUT2D eigenvalue weighted by atomic mass is 9.77. The lowest BCUT2D eigenvalue weighted by molar-refractivity contribution is -0.345. The van der Waals surface area contributed by atoms with Gasteiger partial charge >= 0.3 is 18.5 Å². The molecule has 2 aliphatic rings. The number of hydrogen-bond donors (Lipinski definition) is 1. The van der Waals surface area contributed by atoms with Crippen molar-refractivity contribution in [3.05, 3.63) is 70.0 Å². The number of piperidine rings is 1. The number of aryl methyl sites for hydroxylation is 1. The van der Waals surface area contributed by atoms with Crippen LogP contribution in [0.4, 0.5) is 30.7 Å². The van der Waals surface area contributed by atoms with Gasteiger partial charge in [0.15, 0.2) is 0 Å². The van der Waals surface area contributed by atoms with E-state index in [2.05, 4.69) is 9.64 Å². The summed E-state index contributed by atoms with van der Waals surface area (Å²) >= 11 is 0. The van der Waals surface area contributed by atoms with Gasteiger partial charge in [0.05, 0.1) is 11.7 Å². The number of rotatable bonds is 11. The van der Waals surface area contributed by atoms with Crippen molar-refractivity contribution in [3.63, 3.8) is 0 Å². The minimum atomic E-state index is -4.75. The van der Waals surface area contributed by atoms with Crippen molar-refractivity contribution in [2.24, 2.45) is 5.92 Å². The summed E-state index contributed by atoms with van der Waals surface area (Å²) in [7, 11) is 3.64. The van der Waals surface area contributed by atoms with Crippen molar-refractivity contribution >= 4 is 5.97 Å². The van der Waals surface area contributed by atoms with Crippen LogP contribution in [-0.4, -0.2) is 67.1 Å². The van der Waals surface area contributed by atoms with Gasteiger partial charge in [-0.15, -0.1) is 13.2 Å². The molecule has 1 saturated carbocycles. The normalized spacial score (nSPS) is 21.8. The van der Waals surface area contributed by atoms with Crippen molar-refractivity contribution in [1.29, 1.82) is 0 Å². The van der Waals surface area contributed by atoms with E-state index >= 15 is 0 Å². The maximum Gasteiger partial charge on any atom is 0.522 e. The fourth-order valence-electron chi connectivity index (χ4n) is 7.36. The summed E-state index contributed by atoms with van der Waals surface area (Å²) in [5, 5.41) is 10.4. The number of likely N-dealkylation sites (tertiary alicyclic amines) is 1. The first kappa shape index (κ1) is 36.1. The van der Waals surface area contributed by atoms with Crippen LogP contribution in [0.1, 0.15) is 97.1 Å². The quantitative estimate of drug-likeness (QED) is 0.245. The molecule has 0 radical (unpaired) electrons. The zero-order valence-electron chi connectivity index (χ0n) is 26.4. The first-order valence-electron chi connectivity index (χ1n) is 15.8. The number of alkyl halides is 6. The van der Waals surface area contributed by atoms with Gasteiger partial charge in [0.2, 0.25) is 0 Å². The Morgan fingerprint density at radius 2 is 1.67 bits per heavy atom. The fourth-order valence-corrected chi connectivity index (χ4v) is 7.36. The molecular weight excluding hydrogens is 617 g/mol. The van der Waals surface area contributed by atoms with E-state index in [1.54, 1.807) is 24.9 Å².